The van der Waals surface area contributed by atoms with Crippen LogP contribution in [0.1, 0.15) is 0 Å². The first-order valence-corrected chi connectivity index (χ1v) is 3.97. The molecule has 3 heteroatoms. The Morgan fingerprint density at radius 3 is 2.62 bits per heavy atom. The van der Waals surface area contributed by atoms with Gasteiger partial charge in [0.25, 0.3) is 5.56 Å². The number of H-pyrrole nitrogens is 1. The molecule has 0 aliphatic heterocycles. The second-order valence-corrected chi connectivity index (χ2v) is 2.63. The van der Waals surface area contributed by atoms with Crippen LogP contribution in [0, 0.1) is 0 Å². The van der Waals surface area contributed by atoms with Gasteiger partial charge >= 0.3 is 0 Å². The Labute approximate surface area is 75.1 Å². The molecule has 0 atom stereocenters. The summed E-state index contributed by atoms with van der Waals surface area (Å²) in [7, 11) is 0. The highest BCUT2D eigenvalue weighted by Crippen LogP contribution is 2.09. The first kappa shape index (κ1) is 7.73. The third kappa shape index (κ3) is 1.49. The number of aromatic amines is 1. The summed E-state index contributed by atoms with van der Waals surface area (Å²) in [5, 5.41) is 0. The maximum absolute atomic E-state index is 11.3. The second-order valence-electron chi connectivity index (χ2n) is 2.63. The van der Waals surface area contributed by atoms with Gasteiger partial charge in [-0.3, -0.25) is 4.79 Å². The fourth-order valence-corrected chi connectivity index (χ4v) is 1.15. The van der Waals surface area contributed by atoms with Crippen molar-refractivity contribution in [3.8, 4) is 11.3 Å². The summed E-state index contributed by atoms with van der Waals surface area (Å²) in [6, 6.07) is 9.38. The molecule has 0 saturated carbocycles. The van der Waals surface area contributed by atoms with E-state index in [0.717, 1.165) is 5.56 Å². The van der Waals surface area contributed by atoms with Crippen LogP contribution in [0.5, 0.6) is 0 Å². The van der Waals surface area contributed by atoms with Gasteiger partial charge in [0, 0.05) is 18.0 Å². The van der Waals surface area contributed by atoms with E-state index in [0.29, 0.717) is 5.69 Å². The molecule has 0 radical (unpaired) electrons. The summed E-state index contributed by atoms with van der Waals surface area (Å²) < 4.78 is 0. The molecule has 13 heavy (non-hydrogen) atoms. The highest BCUT2D eigenvalue weighted by atomic mass is 16.1. The van der Waals surface area contributed by atoms with Crippen LogP contribution in [0.4, 0.5) is 0 Å². The van der Waals surface area contributed by atoms with Gasteiger partial charge in [-0.2, -0.15) is 0 Å². The Morgan fingerprint density at radius 2 is 1.92 bits per heavy atom. The molecule has 3 nitrogen and oxygen atoms in total. The molecule has 0 aliphatic rings. The van der Waals surface area contributed by atoms with E-state index in [9.17, 15) is 4.79 Å². The van der Waals surface area contributed by atoms with E-state index in [1.54, 1.807) is 6.20 Å². The standard InChI is InChI=1S/C10H8N2O/c13-10-9(11-6-7-12-10)8-4-2-1-3-5-8/h1-7H,(H,12,13). The number of nitrogens with one attached hydrogen (secondary N) is 1. The number of rotatable bonds is 1. The summed E-state index contributed by atoms with van der Waals surface area (Å²) >= 11 is 0. The molecule has 0 fully saturated rings. The molecular formula is C10H8N2O. The predicted octanol–water partition coefficient (Wildman–Crippen LogP) is 1.44. The van der Waals surface area contributed by atoms with Crippen LogP contribution >= 0.6 is 0 Å². The van der Waals surface area contributed by atoms with Crippen LogP contribution in [0.15, 0.2) is 47.5 Å². The monoisotopic (exact) mass is 172 g/mol. The Hall–Kier alpha value is -1.90. The summed E-state index contributed by atoms with van der Waals surface area (Å²) in [6.07, 6.45) is 3.10. The van der Waals surface area contributed by atoms with Gasteiger partial charge in [-0.1, -0.05) is 30.3 Å². The largest absolute Gasteiger partial charge is 0.326 e. The molecule has 1 aromatic carbocycles. The molecule has 1 heterocycles. The molecule has 0 saturated heterocycles. The first-order chi connectivity index (χ1) is 6.38. The SMILES string of the molecule is O=c1[nH]ccnc1-c1ccccc1. The van der Waals surface area contributed by atoms with Gasteiger partial charge in [0.2, 0.25) is 0 Å². The smallest absolute Gasteiger partial charge is 0.274 e. The summed E-state index contributed by atoms with van der Waals surface area (Å²) in [6.45, 7) is 0. The van der Waals surface area contributed by atoms with Crippen molar-refractivity contribution in [3.63, 3.8) is 0 Å². The van der Waals surface area contributed by atoms with E-state index >= 15 is 0 Å². The van der Waals surface area contributed by atoms with Gasteiger partial charge in [-0.15, -0.1) is 0 Å². The molecule has 0 spiro atoms. The topological polar surface area (TPSA) is 45.8 Å². The van der Waals surface area contributed by atoms with Crippen molar-refractivity contribution in [2.45, 2.75) is 0 Å². The molecule has 1 N–H and O–H groups in total. The Balaban J connectivity index is 2.60. The average Bonchev–Trinajstić information content (AvgIpc) is 2.20. The fourth-order valence-electron chi connectivity index (χ4n) is 1.15. The molecule has 64 valence electrons. The Kier molecular flexibility index (Phi) is 1.92. The fraction of sp³-hybridized carbons (Fsp3) is 0. The lowest BCUT2D eigenvalue weighted by atomic mass is 10.2. The van der Waals surface area contributed by atoms with Crippen LogP contribution in [-0.2, 0) is 0 Å². The molecule has 0 amide bonds. The van der Waals surface area contributed by atoms with Gasteiger partial charge in [0.05, 0.1) is 0 Å². The zero-order valence-electron chi connectivity index (χ0n) is 6.90. The second kappa shape index (κ2) is 3.23. The van der Waals surface area contributed by atoms with Crippen molar-refractivity contribution in [1.82, 2.24) is 9.97 Å². The summed E-state index contributed by atoms with van der Waals surface area (Å²) in [5.74, 6) is 0. The van der Waals surface area contributed by atoms with Crippen molar-refractivity contribution < 1.29 is 0 Å². The first-order valence-electron chi connectivity index (χ1n) is 3.97. The van der Waals surface area contributed by atoms with Gasteiger partial charge in [-0.25, -0.2) is 4.98 Å². The third-order valence-electron chi connectivity index (χ3n) is 1.75. The normalized spacial score (nSPS) is 9.85. The van der Waals surface area contributed by atoms with E-state index in [2.05, 4.69) is 9.97 Å². The predicted molar refractivity (Wildman–Crippen MR) is 50.3 cm³/mol. The van der Waals surface area contributed by atoms with Gasteiger partial charge in [0.15, 0.2) is 0 Å². The van der Waals surface area contributed by atoms with E-state index < -0.39 is 0 Å². The van der Waals surface area contributed by atoms with Crippen LogP contribution < -0.4 is 5.56 Å². The van der Waals surface area contributed by atoms with Crippen molar-refractivity contribution in [2.75, 3.05) is 0 Å². The molecule has 0 unspecified atom stereocenters. The Bertz CT molecular complexity index is 448. The van der Waals surface area contributed by atoms with Gasteiger partial charge < -0.3 is 4.98 Å². The molecule has 0 bridgehead atoms. The Morgan fingerprint density at radius 1 is 1.15 bits per heavy atom. The highest BCUT2D eigenvalue weighted by Gasteiger charge is 2.00. The van der Waals surface area contributed by atoms with Crippen LogP contribution in [-0.4, -0.2) is 9.97 Å². The summed E-state index contributed by atoms with van der Waals surface area (Å²) in [5.41, 5.74) is 1.14. The van der Waals surface area contributed by atoms with Crippen molar-refractivity contribution in [1.29, 1.82) is 0 Å². The quantitative estimate of drug-likeness (QED) is 0.707. The van der Waals surface area contributed by atoms with E-state index in [1.165, 1.54) is 6.20 Å². The van der Waals surface area contributed by atoms with E-state index in [-0.39, 0.29) is 5.56 Å². The van der Waals surface area contributed by atoms with Crippen LogP contribution in [0.2, 0.25) is 0 Å². The van der Waals surface area contributed by atoms with Crippen molar-refractivity contribution in [3.05, 3.63) is 53.1 Å². The third-order valence-corrected chi connectivity index (χ3v) is 1.75. The molecule has 2 rings (SSSR count). The van der Waals surface area contributed by atoms with Crippen LogP contribution in [0.25, 0.3) is 11.3 Å². The lowest BCUT2D eigenvalue weighted by molar-refractivity contribution is 1.14. The zero-order valence-corrected chi connectivity index (χ0v) is 6.90. The van der Waals surface area contributed by atoms with Crippen LogP contribution in [0.3, 0.4) is 0 Å². The van der Waals surface area contributed by atoms with E-state index in [4.69, 9.17) is 0 Å². The van der Waals surface area contributed by atoms with Crippen molar-refractivity contribution >= 4 is 0 Å². The van der Waals surface area contributed by atoms with E-state index in [1.807, 2.05) is 30.3 Å². The van der Waals surface area contributed by atoms with Crippen molar-refractivity contribution in [2.24, 2.45) is 0 Å². The number of hydrogen-bond donors (Lipinski definition) is 1. The molecule has 2 aromatic rings. The highest BCUT2D eigenvalue weighted by molar-refractivity contribution is 5.57. The molecule has 1 aromatic heterocycles. The maximum Gasteiger partial charge on any atom is 0.274 e. The number of hydrogen-bond acceptors (Lipinski definition) is 2. The lowest BCUT2D eigenvalue weighted by Gasteiger charge is -1.96. The minimum atomic E-state index is -0.159. The summed E-state index contributed by atoms with van der Waals surface area (Å²) in [4.78, 5) is 17.9. The minimum Gasteiger partial charge on any atom is -0.326 e. The number of benzene rings is 1. The minimum absolute atomic E-state index is 0.159. The number of nitrogens with zero attached hydrogens (tertiary/aromatic N) is 1. The zero-order chi connectivity index (χ0) is 9.10. The molecule has 0 aliphatic carbocycles. The maximum atomic E-state index is 11.3. The average molecular weight is 172 g/mol. The number of aromatic nitrogens is 2. The van der Waals surface area contributed by atoms with Gasteiger partial charge in [0.1, 0.15) is 5.69 Å². The molecular weight excluding hydrogens is 164 g/mol. The van der Waals surface area contributed by atoms with Gasteiger partial charge in [-0.05, 0) is 0 Å². The lowest BCUT2D eigenvalue weighted by Crippen LogP contribution is -2.09.